The number of nitrogens with zero attached hydrogens (tertiary/aromatic N) is 2. The van der Waals surface area contributed by atoms with Crippen LogP contribution in [0.4, 0.5) is 5.69 Å². The van der Waals surface area contributed by atoms with Crippen molar-refractivity contribution < 1.29 is 36.9 Å². The molecule has 0 bridgehead atoms. The molecule has 0 aromatic heterocycles. The first-order valence-corrected chi connectivity index (χ1v) is 21.0. The molecule has 0 radical (unpaired) electrons. The van der Waals surface area contributed by atoms with E-state index in [-0.39, 0.29) is 29.4 Å². The van der Waals surface area contributed by atoms with Crippen LogP contribution in [0.1, 0.15) is 82.1 Å². The first-order valence-electron chi connectivity index (χ1n) is 19.6. The topological polar surface area (TPSA) is 116 Å². The molecular formula is C43H61N3O8S. The fourth-order valence-electron chi connectivity index (χ4n) is 7.76. The van der Waals surface area contributed by atoms with Crippen molar-refractivity contribution >= 4 is 21.6 Å². The van der Waals surface area contributed by atoms with E-state index in [2.05, 4.69) is 40.5 Å². The Hall–Kier alpha value is -3.52. The number of aryl methyl sites for hydroxylation is 1. The third-order valence-electron chi connectivity index (χ3n) is 10.3. The number of amides is 1. The number of methoxy groups -OCH3 is 1. The number of anilines is 1. The maximum Gasteiger partial charge on any atom is 0.243 e. The average Bonchev–Trinajstić information content (AvgIpc) is 3.14. The van der Waals surface area contributed by atoms with Gasteiger partial charge in [-0.1, -0.05) is 48.0 Å². The third kappa shape index (κ3) is 11.8. The van der Waals surface area contributed by atoms with E-state index in [9.17, 15) is 13.2 Å². The standard InChI is InChI=1S/C43H61N3O8S/c1-8-52-32(3)28-51-29-34-12-15-36(16-13-34)39-25-37(26-43(5,6)44-33(4)47)46(55(48,49)38-17-10-31(2)11-18-38)27-42(39)54-30-35-14-19-41-40(24-35)45(21-23-53-41)20-9-22-50-7/h10-19,24,32,37,39,42H,8-9,20-23,25-30H2,1-7H3,(H,44,47)/t32-,37-,39-,42+/m1/s1. The molecule has 1 amide bonds. The van der Waals surface area contributed by atoms with Crippen molar-refractivity contribution in [2.24, 2.45) is 0 Å². The summed E-state index contributed by atoms with van der Waals surface area (Å²) in [5.74, 6) is 0.564. The van der Waals surface area contributed by atoms with Crippen LogP contribution in [-0.4, -0.2) is 95.6 Å². The van der Waals surface area contributed by atoms with Crippen molar-refractivity contribution in [2.45, 2.75) is 109 Å². The summed E-state index contributed by atoms with van der Waals surface area (Å²) < 4.78 is 60.4. The molecule has 11 nitrogen and oxygen atoms in total. The van der Waals surface area contributed by atoms with Crippen molar-refractivity contribution in [3.63, 3.8) is 0 Å². The maximum atomic E-state index is 14.6. The van der Waals surface area contributed by atoms with Gasteiger partial charge in [-0.05, 0) is 94.8 Å². The highest BCUT2D eigenvalue weighted by Crippen LogP contribution is 2.40. The predicted molar refractivity (Wildman–Crippen MR) is 215 cm³/mol. The highest BCUT2D eigenvalue weighted by atomic mass is 32.2. The van der Waals surface area contributed by atoms with Crippen LogP contribution < -0.4 is 15.0 Å². The number of piperidine rings is 1. The van der Waals surface area contributed by atoms with E-state index in [0.717, 1.165) is 53.2 Å². The molecule has 0 saturated carbocycles. The van der Waals surface area contributed by atoms with Crippen molar-refractivity contribution in [1.82, 2.24) is 9.62 Å². The summed E-state index contributed by atoms with van der Waals surface area (Å²) in [6.07, 6.45) is 1.40. The largest absolute Gasteiger partial charge is 0.490 e. The highest BCUT2D eigenvalue weighted by molar-refractivity contribution is 7.89. The Labute approximate surface area is 328 Å². The van der Waals surface area contributed by atoms with Gasteiger partial charge in [0.25, 0.3) is 0 Å². The number of rotatable bonds is 19. The van der Waals surface area contributed by atoms with Gasteiger partial charge in [-0.2, -0.15) is 4.31 Å². The first-order chi connectivity index (χ1) is 26.3. The van der Waals surface area contributed by atoms with Gasteiger partial charge in [-0.25, -0.2) is 8.42 Å². The number of fused-ring (bicyclic) bond motifs is 1. The lowest BCUT2D eigenvalue weighted by molar-refractivity contribution is -0.120. The molecule has 55 heavy (non-hydrogen) atoms. The smallest absolute Gasteiger partial charge is 0.243 e. The number of sulfonamides is 1. The van der Waals surface area contributed by atoms with Crippen molar-refractivity contribution in [3.05, 3.63) is 89.0 Å². The SMILES string of the molecule is CCO[C@H](C)COCc1ccc([C@H]2C[C@H](CC(C)(C)NC(C)=O)N(S(=O)(=O)c3ccc(C)cc3)C[C@@H]2OCc2ccc3c(c2)N(CCCOC)CCO3)cc1. The zero-order chi connectivity index (χ0) is 39.6. The molecule has 302 valence electrons. The lowest BCUT2D eigenvalue weighted by Gasteiger charge is -2.45. The molecule has 4 atom stereocenters. The lowest BCUT2D eigenvalue weighted by Crippen LogP contribution is -2.56. The normalized spacial score (nSPS) is 19.8. The molecule has 0 spiro atoms. The van der Waals surface area contributed by atoms with Crippen molar-refractivity contribution in [3.8, 4) is 5.75 Å². The van der Waals surface area contributed by atoms with Crippen LogP contribution in [0.25, 0.3) is 0 Å². The molecule has 0 unspecified atom stereocenters. The van der Waals surface area contributed by atoms with E-state index >= 15 is 0 Å². The number of carbonyl (C=O) groups is 1. The van der Waals surface area contributed by atoms with Gasteiger partial charge in [0.2, 0.25) is 15.9 Å². The Balaban J connectivity index is 1.45. The van der Waals surface area contributed by atoms with Gasteiger partial charge in [0.15, 0.2) is 0 Å². The van der Waals surface area contributed by atoms with Gasteiger partial charge in [-0.15, -0.1) is 0 Å². The highest BCUT2D eigenvalue weighted by Gasteiger charge is 2.44. The van der Waals surface area contributed by atoms with Gasteiger partial charge < -0.3 is 33.9 Å². The average molecular weight is 780 g/mol. The van der Waals surface area contributed by atoms with Gasteiger partial charge >= 0.3 is 0 Å². The van der Waals surface area contributed by atoms with Gasteiger partial charge in [0.1, 0.15) is 12.4 Å². The summed E-state index contributed by atoms with van der Waals surface area (Å²) in [5, 5.41) is 3.05. The van der Waals surface area contributed by atoms with Crippen LogP contribution in [0.15, 0.2) is 71.6 Å². The zero-order valence-corrected chi connectivity index (χ0v) is 34.5. The Kier molecular flexibility index (Phi) is 15.2. The minimum absolute atomic E-state index is 0.0172. The molecule has 3 aromatic rings. The van der Waals surface area contributed by atoms with Crippen LogP contribution in [-0.2, 0) is 47.0 Å². The number of hydrogen-bond donors (Lipinski definition) is 1. The van der Waals surface area contributed by atoms with Gasteiger partial charge in [0.05, 0.1) is 49.2 Å². The molecule has 1 fully saturated rings. The molecular weight excluding hydrogens is 719 g/mol. The molecule has 2 aliphatic heterocycles. The molecule has 12 heteroatoms. The van der Waals surface area contributed by atoms with E-state index in [4.69, 9.17) is 23.7 Å². The van der Waals surface area contributed by atoms with E-state index < -0.39 is 27.7 Å². The van der Waals surface area contributed by atoms with Crippen molar-refractivity contribution in [2.75, 3.05) is 58.1 Å². The summed E-state index contributed by atoms with van der Waals surface area (Å²) in [6, 6.07) is 21.1. The number of carbonyl (C=O) groups excluding carboxylic acids is 1. The van der Waals surface area contributed by atoms with Crippen molar-refractivity contribution in [1.29, 1.82) is 0 Å². The third-order valence-corrected chi connectivity index (χ3v) is 12.3. The fourth-order valence-corrected chi connectivity index (χ4v) is 9.40. The number of ether oxygens (including phenoxy) is 5. The van der Waals surface area contributed by atoms with E-state index in [1.807, 2.05) is 58.9 Å². The minimum Gasteiger partial charge on any atom is -0.490 e. The summed E-state index contributed by atoms with van der Waals surface area (Å²) in [5.41, 5.74) is 4.44. The first kappa shape index (κ1) is 42.6. The summed E-state index contributed by atoms with van der Waals surface area (Å²) in [7, 11) is -2.21. The van der Waals surface area contributed by atoms with Gasteiger partial charge in [-0.3, -0.25) is 4.79 Å². The second kappa shape index (κ2) is 19.6. The van der Waals surface area contributed by atoms with E-state index in [1.165, 1.54) is 6.92 Å². The molecule has 3 aromatic carbocycles. The Morgan fingerprint density at radius 3 is 2.45 bits per heavy atom. The Bertz CT molecular complexity index is 1780. The summed E-state index contributed by atoms with van der Waals surface area (Å²) in [6.45, 7) is 16.3. The number of nitrogens with one attached hydrogen (secondary N) is 1. The van der Waals surface area contributed by atoms with E-state index in [0.29, 0.717) is 52.5 Å². The Morgan fingerprint density at radius 1 is 1.04 bits per heavy atom. The molecule has 1 saturated heterocycles. The molecule has 0 aliphatic carbocycles. The second-order valence-corrected chi connectivity index (χ2v) is 17.4. The van der Waals surface area contributed by atoms with Gasteiger partial charge in [0, 0.05) is 57.8 Å². The lowest BCUT2D eigenvalue weighted by atomic mass is 9.80. The zero-order valence-electron chi connectivity index (χ0n) is 33.7. The van der Waals surface area contributed by atoms with Crippen LogP contribution in [0.5, 0.6) is 5.75 Å². The number of hydrogen-bond acceptors (Lipinski definition) is 9. The van der Waals surface area contributed by atoms with Crippen LogP contribution in [0.3, 0.4) is 0 Å². The maximum absolute atomic E-state index is 14.6. The quantitative estimate of drug-likeness (QED) is 0.134. The second-order valence-electron chi connectivity index (χ2n) is 15.5. The predicted octanol–water partition coefficient (Wildman–Crippen LogP) is 6.61. The molecule has 2 aliphatic rings. The monoisotopic (exact) mass is 779 g/mol. The summed E-state index contributed by atoms with van der Waals surface area (Å²) >= 11 is 0. The van der Waals surface area contributed by atoms with Crippen LogP contribution in [0, 0.1) is 6.92 Å². The van der Waals surface area contributed by atoms with Crippen LogP contribution >= 0.6 is 0 Å². The molecule has 2 heterocycles. The minimum atomic E-state index is -3.93. The Morgan fingerprint density at radius 2 is 1.76 bits per heavy atom. The number of benzene rings is 3. The molecule has 1 N–H and O–H groups in total. The van der Waals surface area contributed by atoms with Crippen LogP contribution in [0.2, 0.25) is 0 Å². The fraction of sp³-hybridized carbons (Fsp3) is 0.558. The van der Waals surface area contributed by atoms with E-state index in [1.54, 1.807) is 23.5 Å². The summed E-state index contributed by atoms with van der Waals surface area (Å²) in [4.78, 5) is 14.8. The molecule has 5 rings (SSSR count).